The number of benzene rings is 1. The van der Waals surface area contributed by atoms with Crippen LogP contribution in [-0.4, -0.2) is 9.78 Å². The molecule has 0 atom stereocenters. The molecule has 114 valence electrons. The summed E-state index contributed by atoms with van der Waals surface area (Å²) in [5.74, 6) is 0. The molecule has 0 bridgehead atoms. The fraction of sp³-hybridized carbons (Fsp3) is 0.400. The highest BCUT2D eigenvalue weighted by Crippen LogP contribution is 2.32. The van der Waals surface area contributed by atoms with Gasteiger partial charge in [-0.3, -0.25) is 4.68 Å². The summed E-state index contributed by atoms with van der Waals surface area (Å²) >= 11 is 0. The zero-order valence-corrected chi connectivity index (χ0v) is 12.2. The number of rotatable bonds is 4. The second-order valence-electron chi connectivity index (χ2n) is 5.26. The molecule has 1 N–H and O–H groups in total. The zero-order valence-electron chi connectivity index (χ0n) is 12.2. The van der Waals surface area contributed by atoms with Gasteiger partial charge in [-0.2, -0.15) is 18.3 Å². The Morgan fingerprint density at radius 2 is 1.95 bits per heavy atom. The highest BCUT2D eigenvalue weighted by atomic mass is 19.4. The van der Waals surface area contributed by atoms with Crippen LogP contribution in [0.3, 0.4) is 0 Å². The Labute approximate surface area is 121 Å². The second-order valence-corrected chi connectivity index (χ2v) is 5.26. The molecule has 0 saturated carbocycles. The predicted octanol–water partition coefficient (Wildman–Crippen LogP) is 4.40. The molecular formula is C15H18F3N3. The molecule has 0 saturated heterocycles. The summed E-state index contributed by atoms with van der Waals surface area (Å²) < 4.78 is 40.0. The monoisotopic (exact) mass is 297 g/mol. The molecule has 0 aliphatic rings. The van der Waals surface area contributed by atoms with Gasteiger partial charge in [-0.05, 0) is 44.5 Å². The molecule has 0 spiro atoms. The molecule has 21 heavy (non-hydrogen) atoms. The van der Waals surface area contributed by atoms with Gasteiger partial charge in [-0.1, -0.05) is 6.07 Å². The van der Waals surface area contributed by atoms with Crippen LogP contribution >= 0.6 is 0 Å². The van der Waals surface area contributed by atoms with E-state index >= 15 is 0 Å². The molecule has 0 amide bonds. The lowest BCUT2D eigenvalue weighted by Crippen LogP contribution is -2.08. The third kappa shape index (κ3) is 3.77. The smallest absolute Gasteiger partial charge is 0.379 e. The van der Waals surface area contributed by atoms with Crippen LogP contribution in [0.1, 0.15) is 36.7 Å². The van der Waals surface area contributed by atoms with E-state index in [2.05, 4.69) is 10.4 Å². The lowest BCUT2D eigenvalue weighted by Gasteiger charge is -2.12. The highest BCUT2D eigenvalue weighted by Gasteiger charge is 2.30. The lowest BCUT2D eigenvalue weighted by atomic mass is 10.1. The second kappa shape index (κ2) is 5.79. The van der Waals surface area contributed by atoms with Gasteiger partial charge in [0.1, 0.15) is 0 Å². The fourth-order valence-electron chi connectivity index (χ4n) is 1.93. The number of halogens is 3. The van der Waals surface area contributed by atoms with Gasteiger partial charge in [0.05, 0.1) is 17.8 Å². The third-order valence-corrected chi connectivity index (χ3v) is 3.22. The van der Waals surface area contributed by atoms with E-state index in [0.29, 0.717) is 12.2 Å². The Hall–Kier alpha value is -1.98. The van der Waals surface area contributed by atoms with E-state index in [9.17, 15) is 13.2 Å². The number of anilines is 1. The van der Waals surface area contributed by atoms with Crippen molar-refractivity contribution in [2.24, 2.45) is 0 Å². The predicted molar refractivity (Wildman–Crippen MR) is 76.1 cm³/mol. The van der Waals surface area contributed by atoms with Crippen LogP contribution in [0.2, 0.25) is 0 Å². The molecule has 0 radical (unpaired) electrons. The van der Waals surface area contributed by atoms with Crippen LogP contribution in [-0.2, 0) is 12.7 Å². The number of aromatic nitrogens is 2. The summed E-state index contributed by atoms with van der Waals surface area (Å²) in [4.78, 5) is 0. The number of aryl methyl sites for hydroxylation is 1. The van der Waals surface area contributed by atoms with Gasteiger partial charge < -0.3 is 5.32 Å². The van der Waals surface area contributed by atoms with Crippen molar-refractivity contribution in [2.75, 3.05) is 5.32 Å². The molecular weight excluding hydrogens is 279 g/mol. The number of hydrogen-bond donors (Lipinski definition) is 1. The van der Waals surface area contributed by atoms with Crippen molar-refractivity contribution >= 4 is 5.69 Å². The van der Waals surface area contributed by atoms with Crippen LogP contribution in [0.5, 0.6) is 0 Å². The van der Waals surface area contributed by atoms with Crippen molar-refractivity contribution in [1.82, 2.24) is 9.78 Å². The van der Waals surface area contributed by atoms with Crippen LogP contribution in [0.4, 0.5) is 18.9 Å². The van der Waals surface area contributed by atoms with E-state index < -0.39 is 11.7 Å². The molecule has 2 rings (SSSR count). The topological polar surface area (TPSA) is 29.9 Å². The molecule has 1 heterocycles. The Balaban J connectivity index is 2.12. The lowest BCUT2D eigenvalue weighted by molar-refractivity contribution is -0.137. The van der Waals surface area contributed by atoms with E-state index in [1.165, 1.54) is 6.07 Å². The summed E-state index contributed by atoms with van der Waals surface area (Å²) in [6, 6.07) is 5.81. The van der Waals surface area contributed by atoms with Crippen molar-refractivity contribution in [1.29, 1.82) is 0 Å². The Morgan fingerprint density at radius 1 is 1.24 bits per heavy atom. The van der Waals surface area contributed by atoms with Crippen molar-refractivity contribution in [3.63, 3.8) is 0 Å². The van der Waals surface area contributed by atoms with Gasteiger partial charge in [-0.25, -0.2) is 0 Å². The first kappa shape index (κ1) is 15.4. The molecule has 0 unspecified atom stereocenters. The van der Waals surface area contributed by atoms with Crippen molar-refractivity contribution < 1.29 is 13.2 Å². The van der Waals surface area contributed by atoms with Crippen molar-refractivity contribution in [2.45, 2.75) is 39.5 Å². The van der Waals surface area contributed by atoms with E-state index in [-0.39, 0.29) is 6.04 Å². The van der Waals surface area contributed by atoms with Crippen molar-refractivity contribution in [3.8, 4) is 0 Å². The summed E-state index contributed by atoms with van der Waals surface area (Å²) in [5, 5.41) is 7.38. The Morgan fingerprint density at radius 3 is 2.52 bits per heavy atom. The van der Waals surface area contributed by atoms with Crippen LogP contribution in [0, 0.1) is 6.92 Å². The number of nitrogens with zero attached hydrogens (tertiary/aromatic N) is 2. The summed E-state index contributed by atoms with van der Waals surface area (Å²) in [5.41, 5.74) is 1.39. The highest BCUT2D eigenvalue weighted by molar-refractivity contribution is 5.53. The van der Waals surface area contributed by atoms with Gasteiger partial charge in [0.15, 0.2) is 0 Å². The van der Waals surface area contributed by atoms with Crippen LogP contribution in [0.25, 0.3) is 0 Å². The van der Waals surface area contributed by atoms with Gasteiger partial charge in [0, 0.05) is 17.9 Å². The normalized spacial score (nSPS) is 12.0. The first-order chi connectivity index (χ1) is 9.77. The number of alkyl halides is 3. The van der Waals surface area contributed by atoms with Crippen LogP contribution < -0.4 is 5.32 Å². The molecule has 3 nitrogen and oxygen atoms in total. The maximum Gasteiger partial charge on any atom is 0.416 e. The summed E-state index contributed by atoms with van der Waals surface area (Å²) in [6.45, 7) is 6.19. The standard InChI is InChI=1S/C15H18F3N3/c1-10(2)21-7-6-13(20-21)9-19-14-8-12(15(16,17)18)5-4-11(14)3/h4-8,10,19H,9H2,1-3H3. The quantitative estimate of drug-likeness (QED) is 0.906. The molecule has 1 aromatic heterocycles. The van der Waals surface area contributed by atoms with E-state index in [0.717, 1.165) is 23.4 Å². The third-order valence-electron chi connectivity index (χ3n) is 3.22. The molecule has 0 aliphatic carbocycles. The van der Waals surface area contributed by atoms with E-state index in [4.69, 9.17) is 0 Å². The summed E-state index contributed by atoms with van der Waals surface area (Å²) in [6.07, 6.45) is -2.47. The fourth-order valence-corrected chi connectivity index (χ4v) is 1.93. The van der Waals surface area contributed by atoms with Gasteiger partial charge in [0.2, 0.25) is 0 Å². The SMILES string of the molecule is Cc1ccc(C(F)(F)F)cc1NCc1ccn(C(C)C)n1. The van der Waals surface area contributed by atoms with Crippen LogP contribution in [0.15, 0.2) is 30.5 Å². The summed E-state index contributed by atoms with van der Waals surface area (Å²) in [7, 11) is 0. The zero-order chi connectivity index (χ0) is 15.6. The first-order valence-electron chi connectivity index (χ1n) is 6.73. The minimum Gasteiger partial charge on any atom is -0.379 e. The molecule has 0 aliphatic heterocycles. The van der Waals surface area contributed by atoms with E-state index in [1.54, 1.807) is 6.92 Å². The minimum absolute atomic E-state index is 0.258. The largest absolute Gasteiger partial charge is 0.416 e. The van der Waals surface area contributed by atoms with E-state index in [1.807, 2.05) is 30.8 Å². The van der Waals surface area contributed by atoms with Gasteiger partial charge in [-0.15, -0.1) is 0 Å². The van der Waals surface area contributed by atoms with Gasteiger partial charge in [0.25, 0.3) is 0 Å². The van der Waals surface area contributed by atoms with Crippen molar-refractivity contribution in [3.05, 3.63) is 47.3 Å². The van der Waals surface area contributed by atoms with Gasteiger partial charge >= 0.3 is 6.18 Å². The maximum absolute atomic E-state index is 12.7. The average molecular weight is 297 g/mol. The average Bonchev–Trinajstić information content (AvgIpc) is 2.85. The Bertz CT molecular complexity index is 615. The number of hydrogen-bond acceptors (Lipinski definition) is 2. The molecule has 2 aromatic rings. The molecule has 1 aromatic carbocycles. The Kier molecular flexibility index (Phi) is 4.25. The minimum atomic E-state index is -4.33. The number of nitrogens with one attached hydrogen (secondary N) is 1. The first-order valence-corrected chi connectivity index (χ1v) is 6.73. The maximum atomic E-state index is 12.7. The molecule has 0 fully saturated rings. The molecule has 6 heteroatoms.